The van der Waals surface area contributed by atoms with Crippen molar-refractivity contribution in [3.05, 3.63) is 71.7 Å². The number of ketones is 1. The van der Waals surface area contributed by atoms with Gasteiger partial charge in [0.2, 0.25) is 0 Å². The number of carbonyl (C=O) groups is 1. The maximum atomic E-state index is 13.1. The second kappa shape index (κ2) is 5.92. The van der Waals surface area contributed by atoms with Gasteiger partial charge in [0.15, 0.2) is 11.6 Å². The van der Waals surface area contributed by atoms with Gasteiger partial charge < -0.3 is 5.32 Å². The zero-order chi connectivity index (χ0) is 16.5. The molecule has 0 aliphatic heterocycles. The smallest absolute Gasteiger partial charge is 0.168 e. The third-order valence-corrected chi connectivity index (χ3v) is 4.19. The maximum Gasteiger partial charge on any atom is 0.168 e. The normalized spacial score (nSPS) is 13.6. The van der Waals surface area contributed by atoms with Crippen molar-refractivity contribution < 1.29 is 9.18 Å². The van der Waals surface area contributed by atoms with Crippen LogP contribution in [0.5, 0.6) is 0 Å². The summed E-state index contributed by atoms with van der Waals surface area (Å²) in [6, 6.07) is 15.8. The van der Waals surface area contributed by atoms with Crippen molar-refractivity contribution in [3.63, 3.8) is 0 Å². The average molecular weight is 321 g/mol. The Morgan fingerprint density at radius 2 is 1.75 bits per heavy atom. The minimum absolute atomic E-state index is 0.100. The number of hydrogen-bond donors (Lipinski definition) is 1. The third kappa shape index (κ3) is 2.58. The number of halogens is 1. The summed E-state index contributed by atoms with van der Waals surface area (Å²) in [5.74, 6) is 0.335. The van der Waals surface area contributed by atoms with E-state index in [2.05, 4.69) is 10.4 Å². The Hall–Kier alpha value is -2.95. The zero-order valence-corrected chi connectivity index (χ0v) is 13.0. The van der Waals surface area contributed by atoms with Crippen molar-refractivity contribution in [2.75, 3.05) is 5.32 Å². The third-order valence-electron chi connectivity index (χ3n) is 4.19. The summed E-state index contributed by atoms with van der Waals surface area (Å²) in [5.41, 5.74) is 3.21. The van der Waals surface area contributed by atoms with Gasteiger partial charge in [-0.15, -0.1) is 5.10 Å². The molecule has 0 radical (unpaired) electrons. The largest absolute Gasteiger partial charge is 0.338 e. The van der Waals surface area contributed by atoms with Crippen LogP contribution in [0.2, 0.25) is 0 Å². The Labute approximate surface area is 138 Å². The van der Waals surface area contributed by atoms with Gasteiger partial charge in [-0.2, -0.15) is 0 Å². The van der Waals surface area contributed by atoms with E-state index in [1.165, 1.54) is 12.1 Å². The van der Waals surface area contributed by atoms with E-state index in [1.54, 1.807) is 12.1 Å². The van der Waals surface area contributed by atoms with Gasteiger partial charge in [0.05, 0.1) is 16.9 Å². The summed E-state index contributed by atoms with van der Waals surface area (Å²) in [4.78, 5) is 12.4. The molecule has 1 aromatic heterocycles. The molecule has 120 valence electrons. The van der Waals surface area contributed by atoms with E-state index in [0.717, 1.165) is 24.2 Å². The first-order chi connectivity index (χ1) is 11.7. The van der Waals surface area contributed by atoms with E-state index < -0.39 is 0 Å². The molecule has 0 fully saturated rings. The Balaban J connectivity index is 1.80. The summed E-state index contributed by atoms with van der Waals surface area (Å²) >= 11 is 0. The van der Waals surface area contributed by atoms with Crippen molar-refractivity contribution in [2.45, 2.75) is 19.3 Å². The Morgan fingerprint density at radius 1 is 1.00 bits per heavy atom. The van der Waals surface area contributed by atoms with E-state index in [9.17, 15) is 9.18 Å². The molecule has 0 saturated heterocycles. The Kier molecular flexibility index (Phi) is 3.61. The highest BCUT2D eigenvalue weighted by atomic mass is 19.1. The van der Waals surface area contributed by atoms with Crippen molar-refractivity contribution in [1.29, 1.82) is 0 Å². The molecule has 4 nitrogen and oxygen atoms in total. The number of aromatic nitrogens is 2. The van der Waals surface area contributed by atoms with Gasteiger partial charge in [-0.3, -0.25) is 4.79 Å². The molecule has 3 aromatic rings. The molecule has 0 bridgehead atoms. The summed E-state index contributed by atoms with van der Waals surface area (Å²) in [6.45, 7) is 0. The van der Waals surface area contributed by atoms with E-state index in [4.69, 9.17) is 0 Å². The lowest BCUT2D eigenvalue weighted by Crippen LogP contribution is -2.13. The molecule has 0 unspecified atom stereocenters. The Morgan fingerprint density at radius 3 is 2.50 bits per heavy atom. The first-order valence-electron chi connectivity index (χ1n) is 7.95. The van der Waals surface area contributed by atoms with E-state index in [0.29, 0.717) is 23.5 Å². The van der Waals surface area contributed by atoms with Crippen LogP contribution in [-0.4, -0.2) is 15.6 Å². The SMILES string of the molecule is O=C1CCCc2c1c(Nc1ccc(F)cc1)nn2-c1ccccc1. The highest BCUT2D eigenvalue weighted by Crippen LogP contribution is 2.31. The van der Waals surface area contributed by atoms with Crippen LogP contribution in [0.1, 0.15) is 28.9 Å². The minimum atomic E-state index is -0.298. The van der Waals surface area contributed by atoms with Crippen molar-refractivity contribution in [2.24, 2.45) is 0 Å². The quantitative estimate of drug-likeness (QED) is 0.783. The first-order valence-corrected chi connectivity index (χ1v) is 7.95. The maximum absolute atomic E-state index is 13.1. The number of carbonyl (C=O) groups excluding carboxylic acids is 1. The molecule has 0 saturated carbocycles. The number of Topliss-reactive ketones (excluding diaryl/α,β-unsaturated/α-hetero) is 1. The van der Waals surface area contributed by atoms with Gasteiger partial charge in [0.25, 0.3) is 0 Å². The lowest BCUT2D eigenvalue weighted by atomic mass is 9.95. The number of benzene rings is 2. The van der Waals surface area contributed by atoms with Gasteiger partial charge in [-0.25, -0.2) is 9.07 Å². The molecule has 5 heteroatoms. The molecule has 24 heavy (non-hydrogen) atoms. The standard InChI is InChI=1S/C19H16FN3O/c20-13-9-11-14(12-10-13)21-19-18-16(7-4-8-17(18)24)23(22-19)15-5-2-1-3-6-15/h1-3,5-6,9-12H,4,7-8H2,(H,21,22). The molecule has 0 spiro atoms. The van der Waals surface area contributed by atoms with Gasteiger partial charge in [-0.1, -0.05) is 18.2 Å². The van der Waals surface area contributed by atoms with Crippen LogP contribution in [0, 0.1) is 5.82 Å². The van der Waals surface area contributed by atoms with Gasteiger partial charge in [0.1, 0.15) is 5.82 Å². The summed E-state index contributed by atoms with van der Waals surface area (Å²) in [7, 11) is 0. The number of rotatable bonds is 3. The van der Waals surface area contributed by atoms with E-state index in [-0.39, 0.29) is 11.6 Å². The number of nitrogens with one attached hydrogen (secondary N) is 1. The fourth-order valence-corrected chi connectivity index (χ4v) is 3.06. The predicted octanol–water partition coefficient (Wildman–Crippen LogP) is 4.27. The van der Waals surface area contributed by atoms with E-state index >= 15 is 0 Å². The van der Waals surface area contributed by atoms with Crippen molar-refractivity contribution in [1.82, 2.24) is 9.78 Å². The molecule has 0 atom stereocenters. The van der Waals surface area contributed by atoms with E-state index in [1.807, 2.05) is 35.0 Å². The number of nitrogens with zero attached hydrogens (tertiary/aromatic N) is 2. The molecule has 1 aliphatic rings. The van der Waals surface area contributed by atoms with Crippen LogP contribution in [0.3, 0.4) is 0 Å². The highest BCUT2D eigenvalue weighted by Gasteiger charge is 2.27. The van der Waals surface area contributed by atoms with Gasteiger partial charge in [-0.05, 0) is 49.2 Å². The highest BCUT2D eigenvalue weighted by molar-refractivity contribution is 6.03. The second-order valence-electron chi connectivity index (χ2n) is 5.83. The topological polar surface area (TPSA) is 46.9 Å². The van der Waals surface area contributed by atoms with Crippen molar-refractivity contribution in [3.8, 4) is 5.69 Å². The minimum Gasteiger partial charge on any atom is -0.338 e. The van der Waals surface area contributed by atoms with Crippen LogP contribution in [0.4, 0.5) is 15.9 Å². The predicted molar refractivity (Wildman–Crippen MR) is 90.5 cm³/mol. The second-order valence-corrected chi connectivity index (χ2v) is 5.83. The van der Waals surface area contributed by atoms with Crippen LogP contribution in [0.15, 0.2) is 54.6 Å². The average Bonchev–Trinajstić information content (AvgIpc) is 2.98. The van der Waals surface area contributed by atoms with Crippen LogP contribution < -0.4 is 5.32 Å². The Bertz CT molecular complexity index is 885. The fraction of sp³-hybridized carbons (Fsp3) is 0.158. The summed E-state index contributed by atoms with van der Waals surface area (Å²) < 4.78 is 14.9. The number of hydrogen-bond acceptors (Lipinski definition) is 3. The van der Waals surface area contributed by atoms with Crippen molar-refractivity contribution >= 4 is 17.3 Å². The summed E-state index contributed by atoms with van der Waals surface area (Å²) in [5, 5.41) is 7.78. The van der Waals surface area contributed by atoms with Crippen LogP contribution in [-0.2, 0) is 6.42 Å². The molecule has 1 aliphatic carbocycles. The number of para-hydroxylation sites is 1. The molecule has 1 N–H and O–H groups in total. The van der Waals surface area contributed by atoms with Crippen LogP contribution >= 0.6 is 0 Å². The molecular formula is C19H16FN3O. The molecule has 2 aromatic carbocycles. The lowest BCUT2D eigenvalue weighted by Gasteiger charge is -2.13. The first kappa shape index (κ1) is 14.6. The summed E-state index contributed by atoms with van der Waals surface area (Å²) in [6.07, 6.45) is 2.18. The molecule has 0 amide bonds. The fourth-order valence-electron chi connectivity index (χ4n) is 3.06. The van der Waals surface area contributed by atoms with Crippen LogP contribution in [0.25, 0.3) is 5.69 Å². The van der Waals surface area contributed by atoms with Gasteiger partial charge >= 0.3 is 0 Å². The lowest BCUT2D eigenvalue weighted by molar-refractivity contribution is 0.0973. The molecular weight excluding hydrogens is 305 g/mol. The number of fused-ring (bicyclic) bond motifs is 1. The van der Waals surface area contributed by atoms with Gasteiger partial charge in [0, 0.05) is 12.1 Å². The monoisotopic (exact) mass is 321 g/mol. The zero-order valence-electron chi connectivity index (χ0n) is 13.0. The molecule has 4 rings (SSSR count). The number of anilines is 2. The molecule has 1 heterocycles.